The number of benzene rings is 2. The maximum Gasteiger partial charge on any atom is 0.243 e. The molecule has 4 aliphatic rings. The number of ether oxygens (including phenoxy) is 1. The van der Waals surface area contributed by atoms with Crippen molar-refractivity contribution in [2.45, 2.75) is 101 Å². The van der Waals surface area contributed by atoms with Crippen molar-refractivity contribution in [2.24, 2.45) is 5.92 Å². The minimum atomic E-state index is -0.850. The third kappa shape index (κ3) is 6.71. The Morgan fingerprint density at radius 1 is 1.14 bits per heavy atom. The molecule has 0 bridgehead atoms. The Hall–Kier alpha value is -2.46. The van der Waals surface area contributed by atoms with Crippen LogP contribution in [0.3, 0.4) is 0 Å². The van der Waals surface area contributed by atoms with Crippen molar-refractivity contribution in [1.29, 1.82) is 0 Å². The normalized spacial score (nSPS) is 26.7. The number of likely N-dealkylation sites (tertiary alicyclic amines) is 2. The average Bonchev–Trinajstić information content (AvgIpc) is 3.64. The molecule has 2 aromatic carbocycles. The van der Waals surface area contributed by atoms with Crippen LogP contribution in [-0.4, -0.2) is 82.2 Å². The zero-order valence-corrected chi connectivity index (χ0v) is 27.8. The van der Waals surface area contributed by atoms with Gasteiger partial charge < -0.3 is 25.4 Å². The molecule has 2 saturated heterocycles. The van der Waals surface area contributed by atoms with E-state index in [-0.39, 0.29) is 23.5 Å². The molecule has 1 saturated carbocycles. The van der Waals surface area contributed by atoms with E-state index in [9.17, 15) is 14.7 Å². The summed E-state index contributed by atoms with van der Waals surface area (Å²) in [7, 11) is 0. The van der Waals surface area contributed by atoms with Crippen molar-refractivity contribution in [3.8, 4) is 5.75 Å². The Morgan fingerprint density at radius 3 is 2.66 bits per heavy atom. The summed E-state index contributed by atoms with van der Waals surface area (Å²) in [6, 6.07) is 14.8. The van der Waals surface area contributed by atoms with Crippen LogP contribution in [0.4, 0.5) is 0 Å². The molecule has 3 fully saturated rings. The molecule has 44 heavy (non-hydrogen) atoms. The van der Waals surface area contributed by atoms with Gasteiger partial charge in [0, 0.05) is 42.1 Å². The molecule has 238 valence electrons. The minimum absolute atomic E-state index is 0.0173. The van der Waals surface area contributed by atoms with Gasteiger partial charge in [-0.05, 0) is 95.5 Å². The van der Waals surface area contributed by atoms with Gasteiger partial charge in [0.05, 0.1) is 12.1 Å². The molecule has 6 rings (SSSR count). The predicted octanol–water partition coefficient (Wildman–Crippen LogP) is 4.59. The summed E-state index contributed by atoms with van der Waals surface area (Å²) in [5, 5.41) is 18.3. The summed E-state index contributed by atoms with van der Waals surface area (Å²) in [5.74, 6) is 1.45. The van der Waals surface area contributed by atoms with Crippen molar-refractivity contribution in [1.82, 2.24) is 20.4 Å². The predicted molar refractivity (Wildman–Crippen MR) is 174 cm³/mol. The van der Waals surface area contributed by atoms with Gasteiger partial charge in [-0.1, -0.05) is 46.3 Å². The summed E-state index contributed by atoms with van der Waals surface area (Å²) < 4.78 is 7.20. The van der Waals surface area contributed by atoms with Crippen LogP contribution in [0.2, 0.25) is 0 Å². The number of amides is 2. The van der Waals surface area contributed by atoms with E-state index < -0.39 is 23.7 Å². The van der Waals surface area contributed by atoms with Crippen LogP contribution in [0.1, 0.15) is 76.5 Å². The van der Waals surface area contributed by atoms with Crippen molar-refractivity contribution in [2.75, 3.05) is 26.2 Å². The smallest absolute Gasteiger partial charge is 0.243 e. The molecular weight excluding hydrogens is 620 g/mol. The van der Waals surface area contributed by atoms with E-state index in [1.54, 1.807) is 4.90 Å². The van der Waals surface area contributed by atoms with Gasteiger partial charge in [-0.25, -0.2) is 0 Å². The van der Waals surface area contributed by atoms with E-state index in [1.807, 2.05) is 49.4 Å². The topological polar surface area (TPSA) is 94.1 Å². The summed E-state index contributed by atoms with van der Waals surface area (Å²) in [6.07, 6.45) is 5.61. The average molecular weight is 668 g/mol. The first kappa shape index (κ1) is 31.5. The fourth-order valence-electron chi connectivity index (χ4n) is 7.50. The van der Waals surface area contributed by atoms with Gasteiger partial charge in [0.1, 0.15) is 22.9 Å². The third-order valence-electron chi connectivity index (χ3n) is 10.2. The van der Waals surface area contributed by atoms with E-state index in [2.05, 4.69) is 51.4 Å². The molecule has 0 aromatic heterocycles. The van der Waals surface area contributed by atoms with Crippen molar-refractivity contribution < 1.29 is 19.4 Å². The fourth-order valence-corrected chi connectivity index (χ4v) is 7.88. The van der Waals surface area contributed by atoms with Crippen LogP contribution in [-0.2, 0) is 16.0 Å². The SMILES string of the molecule is CC(C(=O)N[C@@H](Cc1ccccc1)[C@H](O)CNC1CC(C)(C)Oc2ccc(Br)cc21)N1CCC2(CCCN2CC2CC2)C1=O. The molecule has 3 unspecified atom stereocenters. The Bertz CT molecular complexity index is 1350. The highest BCUT2D eigenvalue weighted by Gasteiger charge is 2.55. The van der Waals surface area contributed by atoms with Crippen LogP contribution in [0, 0.1) is 5.92 Å². The zero-order chi connectivity index (χ0) is 31.1. The van der Waals surface area contributed by atoms with E-state index in [1.165, 1.54) is 12.8 Å². The van der Waals surface area contributed by atoms with Crippen LogP contribution in [0.15, 0.2) is 53.0 Å². The second kappa shape index (κ2) is 12.7. The number of hydrogen-bond donors (Lipinski definition) is 3. The molecule has 3 aliphatic heterocycles. The second-order valence-corrected chi connectivity index (χ2v) is 14.9. The Morgan fingerprint density at radius 2 is 1.91 bits per heavy atom. The number of carbonyl (C=O) groups is 2. The number of fused-ring (bicyclic) bond motifs is 1. The highest BCUT2D eigenvalue weighted by atomic mass is 79.9. The van der Waals surface area contributed by atoms with E-state index in [4.69, 9.17) is 4.74 Å². The van der Waals surface area contributed by atoms with Crippen molar-refractivity contribution in [3.63, 3.8) is 0 Å². The molecule has 1 spiro atoms. The van der Waals surface area contributed by atoms with Crippen LogP contribution in [0.5, 0.6) is 5.75 Å². The van der Waals surface area contributed by atoms with Crippen LogP contribution >= 0.6 is 15.9 Å². The molecule has 9 heteroatoms. The van der Waals surface area contributed by atoms with Gasteiger partial charge in [0.25, 0.3) is 0 Å². The lowest BCUT2D eigenvalue weighted by atomic mass is 9.89. The quantitative estimate of drug-likeness (QED) is 0.325. The van der Waals surface area contributed by atoms with Crippen molar-refractivity contribution >= 4 is 27.7 Å². The largest absolute Gasteiger partial charge is 0.487 e. The number of nitrogens with zero attached hydrogens (tertiary/aromatic N) is 2. The van der Waals surface area contributed by atoms with E-state index >= 15 is 0 Å². The van der Waals surface area contributed by atoms with Gasteiger partial charge in [0.2, 0.25) is 11.8 Å². The maximum atomic E-state index is 13.9. The monoisotopic (exact) mass is 666 g/mol. The van der Waals surface area contributed by atoms with Gasteiger partial charge in [-0.15, -0.1) is 0 Å². The zero-order valence-electron chi connectivity index (χ0n) is 26.2. The number of carbonyl (C=O) groups excluding carboxylic acids is 2. The summed E-state index contributed by atoms with van der Waals surface area (Å²) in [5.41, 5.74) is 1.28. The molecule has 3 heterocycles. The maximum absolute atomic E-state index is 13.9. The van der Waals surface area contributed by atoms with Gasteiger partial charge in [-0.3, -0.25) is 14.5 Å². The highest BCUT2D eigenvalue weighted by molar-refractivity contribution is 9.10. The Kier molecular flexibility index (Phi) is 9.12. The first-order valence-electron chi connectivity index (χ1n) is 16.3. The Labute approximate surface area is 270 Å². The second-order valence-electron chi connectivity index (χ2n) is 14.0. The molecule has 5 atom stereocenters. The molecule has 2 amide bonds. The Balaban J connectivity index is 1.14. The van der Waals surface area contributed by atoms with Crippen LogP contribution in [0.25, 0.3) is 0 Å². The molecule has 2 aromatic rings. The first-order chi connectivity index (χ1) is 21.0. The van der Waals surface area contributed by atoms with E-state index in [0.29, 0.717) is 19.5 Å². The summed E-state index contributed by atoms with van der Waals surface area (Å²) in [4.78, 5) is 31.9. The van der Waals surface area contributed by atoms with E-state index in [0.717, 1.165) is 66.0 Å². The number of hydrogen-bond acceptors (Lipinski definition) is 6. The number of halogens is 1. The molecular formula is C35H47BrN4O4. The third-order valence-corrected chi connectivity index (χ3v) is 10.7. The van der Waals surface area contributed by atoms with Gasteiger partial charge >= 0.3 is 0 Å². The summed E-state index contributed by atoms with van der Waals surface area (Å²) >= 11 is 3.58. The molecule has 3 N–H and O–H groups in total. The summed E-state index contributed by atoms with van der Waals surface area (Å²) in [6.45, 7) is 8.84. The number of rotatable bonds is 11. The van der Waals surface area contributed by atoms with Gasteiger partial charge in [-0.2, -0.15) is 0 Å². The lowest BCUT2D eigenvalue weighted by molar-refractivity contribution is -0.143. The lowest BCUT2D eigenvalue weighted by Crippen LogP contribution is -2.57. The van der Waals surface area contributed by atoms with Crippen LogP contribution < -0.4 is 15.4 Å². The highest BCUT2D eigenvalue weighted by Crippen LogP contribution is 2.43. The number of aliphatic hydroxyl groups excluding tert-OH is 1. The van der Waals surface area contributed by atoms with Gasteiger partial charge in [0.15, 0.2) is 0 Å². The molecule has 8 nitrogen and oxygen atoms in total. The first-order valence-corrected chi connectivity index (χ1v) is 17.1. The fraction of sp³-hybridized carbons (Fsp3) is 0.600. The minimum Gasteiger partial charge on any atom is -0.487 e. The standard InChI is InChI=1S/C35H47BrN4O4/c1-23(40-17-15-35(33(40)43)14-7-16-39(35)22-25-10-11-25)32(42)38-28(18-24-8-5-4-6-9-24)30(41)21-37-29-20-34(2,3)44-31-13-12-26(36)19-27(29)31/h4-6,8-9,12-13,19,23,25,28-30,37,41H,7,10-11,14-18,20-22H2,1-3H3,(H,38,42)/t23?,28-,29?,30+,35?/m0/s1. The van der Waals surface area contributed by atoms with Crippen molar-refractivity contribution in [3.05, 3.63) is 64.1 Å². The molecule has 0 radical (unpaired) electrons. The number of nitrogens with one attached hydrogen (secondary N) is 2. The number of aliphatic hydroxyl groups is 1. The molecule has 1 aliphatic carbocycles. The lowest BCUT2D eigenvalue weighted by Gasteiger charge is -2.39.